The number of carbonyl (C=O) groups excluding carboxylic acids is 1. The Morgan fingerprint density at radius 1 is 1.58 bits per heavy atom. The maximum absolute atomic E-state index is 10.3. The van der Waals surface area contributed by atoms with Gasteiger partial charge >= 0.3 is 0 Å². The topological polar surface area (TPSA) is 55.8 Å². The van der Waals surface area contributed by atoms with Crippen molar-refractivity contribution in [3.05, 3.63) is 0 Å². The normalized spacial score (nSPS) is 33.6. The summed E-state index contributed by atoms with van der Waals surface area (Å²) < 4.78 is 10.7. The van der Waals surface area contributed by atoms with E-state index in [0.29, 0.717) is 0 Å². The number of aliphatic hydroxyl groups excluding tert-OH is 1. The van der Waals surface area contributed by atoms with Crippen LogP contribution in [0, 0.1) is 0 Å². The molecule has 1 fully saturated rings. The lowest BCUT2D eigenvalue weighted by molar-refractivity contribution is -0.170. The van der Waals surface area contributed by atoms with Crippen molar-refractivity contribution in [2.24, 2.45) is 0 Å². The Morgan fingerprint density at radius 3 is 2.58 bits per heavy atom. The number of carbonyl (C=O) groups is 1. The fourth-order valence-electron chi connectivity index (χ4n) is 1.28. The lowest BCUT2D eigenvalue weighted by atomic mass is 10.0. The molecule has 1 aliphatic rings. The summed E-state index contributed by atoms with van der Waals surface area (Å²) in [7, 11) is 0. The fourth-order valence-corrected chi connectivity index (χ4v) is 1.28. The molecule has 1 aliphatic heterocycles. The van der Waals surface area contributed by atoms with E-state index in [4.69, 9.17) is 14.6 Å². The monoisotopic (exact) mass is 174 g/mol. The van der Waals surface area contributed by atoms with E-state index in [0.717, 1.165) is 6.29 Å². The van der Waals surface area contributed by atoms with Crippen LogP contribution in [-0.4, -0.2) is 36.0 Å². The quantitative estimate of drug-likeness (QED) is 0.616. The Bertz CT molecular complexity index is 178. The van der Waals surface area contributed by atoms with E-state index in [-0.39, 0.29) is 19.6 Å². The van der Waals surface area contributed by atoms with Crippen molar-refractivity contribution in [3.8, 4) is 0 Å². The van der Waals surface area contributed by atoms with Crippen molar-refractivity contribution < 1.29 is 19.4 Å². The van der Waals surface area contributed by atoms with Gasteiger partial charge < -0.3 is 19.4 Å². The molecule has 1 atom stereocenters. The average molecular weight is 174 g/mol. The molecule has 1 N–H and O–H groups in total. The number of aliphatic hydroxyl groups is 1. The third kappa shape index (κ3) is 1.83. The van der Waals surface area contributed by atoms with E-state index < -0.39 is 11.4 Å². The molecule has 0 saturated carbocycles. The van der Waals surface area contributed by atoms with Crippen LogP contribution in [0.4, 0.5) is 0 Å². The summed E-state index contributed by atoms with van der Waals surface area (Å²) in [6, 6.07) is 0. The van der Waals surface area contributed by atoms with E-state index in [2.05, 4.69) is 0 Å². The van der Waals surface area contributed by atoms with Crippen molar-refractivity contribution in [2.75, 3.05) is 13.2 Å². The highest BCUT2D eigenvalue weighted by molar-refractivity contribution is 5.51. The van der Waals surface area contributed by atoms with E-state index in [9.17, 15) is 4.79 Å². The molecule has 1 rings (SSSR count). The molecule has 0 aromatic rings. The minimum Gasteiger partial charge on any atom is -0.393 e. The van der Waals surface area contributed by atoms with E-state index in [1.807, 2.05) is 0 Å². The van der Waals surface area contributed by atoms with Gasteiger partial charge in [-0.15, -0.1) is 0 Å². The van der Waals surface area contributed by atoms with Crippen molar-refractivity contribution in [1.82, 2.24) is 0 Å². The van der Waals surface area contributed by atoms with Gasteiger partial charge in [0, 0.05) is 6.42 Å². The average Bonchev–Trinajstić information content (AvgIpc) is 2.29. The van der Waals surface area contributed by atoms with Crippen LogP contribution < -0.4 is 0 Å². The summed E-state index contributed by atoms with van der Waals surface area (Å²) in [5.74, 6) is -0.689. The molecule has 12 heavy (non-hydrogen) atoms. The zero-order valence-electron chi connectivity index (χ0n) is 7.37. The molecule has 4 heteroatoms. The van der Waals surface area contributed by atoms with Crippen LogP contribution >= 0.6 is 0 Å². The Morgan fingerprint density at radius 2 is 2.25 bits per heavy atom. The summed E-state index contributed by atoms with van der Waals surface area (Å²) in [6.45, 7) is 3.61. The third-order valence-corrected chi connectivity index (χ3v) is 1.89. The summed E-state index contributed by atoms with van der Waals surface area (Å²) in [5.41, 5.74) is -0.814. The molecule has 1 heterocycles. The number of hydrogen-bond acceptors (Lipinski definition) is 4. The first-order valence-electron chi connectivity index (χ1n) is 3.92. The maximum Gasteiger partial charge on any atom is 0.163 e. The molecule has 70 valence electrons. The molecule has 0 aromatic heterocycles. The van der Waals surface area contributed by atoms with E-state index >= 15 is 0 Å². The van der Waals surface area contributed by atoms with Gasteiger partial charge in [0.2, 0.25) is 0 Å². The van der Waals surface area contributed by atoms with E-state index in [1.165, 1.54) is 0 Å². The molecule has 0 spiro atoms. The first-order chi connectivity index (χ1) is 5.54. The van der Waals surface area contributed by atoms with Gasteiger partial charge in [-0.05, 0) is 13.8 Å². The molecule has 0 aromatic carbocycles. The number of ether oxygens (including phenoxy) is 2. The second-order valence-corrected chi connectivity index (χ2v) is 3.50. The van der Waals surface area contributed by atoms with Crippen LogP contribution in [0.25, 0.3) is 0 Å². The maximum atomic E-state index is 10.3. The first kappa shape index (κ1) is 9.64. The number of hydrogen-bond donors (Lipinski definition) is 1. The summed E-state index contributed by atoms with van der Waals surface area (Å²) >= 11 is 0. The van der Waals surface area contributed by atoms with Gasteiger partial charge in [0.25, 0.3) is 0 Å². The van der Waals surface area contributed by atoms with Crippen LogP contribution in [0.1, 0.15) is 20.3 Å². The lowest BCUT2D eigenvalue weighted by Crippen LogP contribution is -2.38. The van der Waals surface area contributed by atoms with Crippen molar-refractivity contribution in [2.45, 2.75) is 31.7 Å². The molecular formula is C8H14O4. The Hall–Kier alpha value is -0.450. The highest BCUT2D eigenvalue weighted by Crippen LogP contribution is 2.32. The van der Waals surface area contributed by atoms with Crippen molar-refractivity contribution in [3.63, 3.8) is 0 Å². The second-order valence-electron chi connectivity index (χ2n) is 3.50. The molecule has 0 amide bonds. The molecule has 0 radical (unpaired) electrons. The Balaban J connectivity index is 2.65. The predicted octanol–water partition coefficient (Wildman–Crippen LogP) is 0.0894. The second kappa shape index (κ2) is 3.12. The highest BCUT2D eigenvalue weighted by atomic mass is 16.8. The van der Waals surface area contributed by atoms with Crippen molar-refractivity contribution >= 4 is 6.29 Å². The van der Waals surface area contributed by atoms with Gasteiger partial charge in [-0.25, -0.2) is 0 Å². The smallest absolute Gasteiger partial charge is 0.163 e. The van der Waals surface area contributed by atoms with Crippen LogP contribution in [0.15, 0.2) is 0 Å². The van der Waals surface area contributed by atoms with Gasteiger partial charge in [-0.1, -0.05) is 0 Å². The largest absolute Gasteiger partial charge is 0.393 e. The van der Waals surface area contributed by atoms with Crippen LogP contribution in [0.5, 0.6) is 0 Å². The summed E-state index contributed by atoms with van der Waals surface area (Å²) in [4.78, 5) is 10.3. The zero-order chi connectivity index (χ0) is 9.24. The fraction of sp³-hybridized carbons (Fsp3) is 0.875. The standard InChI is InChI=1S/C8H14O4/c1-7(2)11-6-8(5-10,12-7)3-4-9/h4,10H,3,5-6H2,1-2H3/t8-/m0/s1. The zero-order valence-corrected chi connectivity index (χ0v) is 7.37. The van der Waals surface area contributed by atoms with Gasteiger partial charge in [0.1, 0.15) is 11.9 Å². The highest BCUT2D eigenvalue weighted by Gasteiger charge is 2.44. The number of aldehydes is 1. The van der Waals surface area contributed by atoms with Gasteiger partial charge in [0.15, 0.2) is 5.79 Å². The summed E-state index contributed by atoms with van der Waals surface area (Å²) in [6.07, 6.45) is 0.911. The number of rotatable bonds is 3. The SMILES string of the molecule is CC1(C)OC[C@@](CO)(CC=O)O1. The predicted molar refractivity (Wildman–Crippen MR) is 41.6 cm³/mol. The molecule has 4 nitrogen and oxygen atoms in total. The van der Waals surface area contributed by atoms with Crippen molar-refractivity contribution in [1.29, 1.82) is 0 Å². The molecule has 0 bridgehead atoms. The Kier molecular flexibility index (Phi) is 2.51. The van der Waals surface area contributed by atoms with Crippen LogP contribution in [-0.2, 0) is 14.3 Å². The molecule has 1 saturated heterocycles. The molecule has 0 unspecified atom stereocenters. The summed E-state index contributed by atoms with van der Waals surface area (Å²) in [5, 5.41) is 9.02. The minimum absolute atomic E-state index is 0.174. The molecular weight excluding hydrogens is 160 g/mol. The minimum atomic E-state index is -0.814. The van der Waals surface area contributed by atoms with Gasteiger partial charge in [-0.3, -0.25) is 0 Å². The van der Waals surface area contributed by atoms with Crippen LogP contribution in [0.2, 0.25) is 0 Å². The third-order valence-electron chi connectivity index (χ3n) is 1.89. The van der Waals surface area contributed by atoms with E-state index in [1.54, 1.807) is 13.8 Å². The lowest BCUT2D eigenvalue weighted by Gasteiger charge is -2.24. The van der Waals surface area contributed by atoms with Gasteiger partial charge in [-0.2, -0.15) is 0 Å². The van der Waals surface area contributed by atoms with Gasteiger partial charge in [0.05, 0.1) is 13.2 Å². The van der Waals surface area contributed by atoms with Crippen LogP contribution in [0.3, 0.4) is 0 Å². The first-order valence-corrected chi connectivity index (χ1v) is 3.92. The Labute approximate surface area is 71.5 Å². The molecule has 0 aliphatic carbocycles.